The number of sulfone groups is 1. The maximum Gasteiger partial charge on any atom is 0.235 e. The van der Waals surface area contributed by atoms with Gasteiger partial charge in [0.05, 0.1) is 0 Å². The Morgan fingerprint density at radius 3 is 2.68 bits per heavy atom. The molecule has 0 unspecified atom stereocenters. The van der Waals surface area contributed by atoms with Gasteiger partial charge in [-0.3, -0.25) is 4.79 Å². The fourth-order valence-electron chi connectivity index (χ4n) is 1.44. The summed E-state index contributed by atoms with van der Waals surface area (Å²) in [5.41, 5.74) is 0. The van der Waals surface area contributed by atoms with Crippen molar-refractivity contribution in [1.29, 1.82) is 0 Å². The second-order valence-corrected chi connectivity index (χ2v) is 5.84. The summed E-state index contributed by atoms with van der Waals surface area (Å²) >= 11 is 0. The fraction of sp³-hybridized carbons (Fsp3) is 0.417. The molecule has 5 nitrogen and oxygen atoms in total. The highest BCUT2D eigenvalue weighted by Crippen LogP contribution is 2.14. The van der Waals surface area contributed by atoms with E-state index in [0.717, 1.165) is 12.1 Å². The van der Waals surface area contributed by atoms with E-state index in [1.165, 1.54) is 19.2 Å². The molecule has 1 aromatic carbocycles. The molecule has 0 spiro atoms. The molecule has 0 atom stereocenters. The van der Waals surface area contributed by atoms with Gasteiger partial charge in [-0.25, -0.2) is 12.8 Å². The first-order valence-electron chi connectivity index (χ1n) is 5.70. The van der Waals surface area contributed by atoms with Gasteiger partial charge in [-0.2, -0.15) is 0 Å². The number of amides is 1. The fourth-order valence-corrected chi connectivity index (χ4v) is 2.70. The molecule has 1 rings (SSSR count). The Morgan fingerprint density at radius 1 is 1.37 bits per heavy atom. The summed E-state index contributed by atoms with van der Waals surface area (Å²) < 4.78 is 41.8. The minimum Gasteiger partial charge on any atom is -0.385 e. The van der Waals surface area contributed by atoms with Crippen molar-refractivity contribution in [1.82, 2.24) is 5.32 Å². The van der Waals surface area contributed by atoms with E-state index in [1.54, 1.807) is 0 Å². The van der Waals surface area contributed by atoms with Crippen molar-refractivity contribution in [3.63, 3.8) is 0 Å². The van der Waals surface area contributed by atoms with Crippen LogP contribution in [0.15, 0.2) is 29.2 Å². The second kappa shape index (κ2) is 7.20. The number of rotatable bonds is 7. The van der Waals surface area contributed by atoms with Crippen molar-refractivity contribution in [3.05, 3.63) is 30.1 Å². The van der Waals surface area contributed by atoms with Crippen molar-refractivity contribution in [2.75, 3.05) is 26.0 Å². The van der Waals surface area contributed by atoms with Gasteiger partial charge in [0.25, 0.3) is 0 Å². The Balaban J connectivity index is 2.60. The van der Waals surface area contributed by atoms with Gasteiger partial charge >= 0.3 is 0 Å². The summed E-state index contributed by atoms with van der Waals surface area (Å²) in [4.78, 5) is 11.0. The van der Waals surface area contributed by atoms with Crippen LogP contribution >= 0.6 is 0 Å². The van der Waals surface area contributed by atoms with Crippen molar-refractivity contribution in [3.8, 4) is 0 Å². The summed E-state index contributed by atoms with van der Waals surface area (Å²) in [6.45, 7) is 0.791. The number of ether oxygens (including phenoxy) is 1. The Hall–Kier alpha value is -1.47. The smallest absolute Gasteiger partial charge is 0.235 e. The summed E-state index contributed by atoms with van der Waals surface area (Å²) in [5.74, 6) is -2.27. The Labute approximate surface area is 111 Å². The number of nitrogens with one attached hydrogen (secondary N) is 1. The molecule has 0 aromatic heterocycles. The molecule has 0 aliphatic rings. The standard InChI is InChI=1S/C12H16FNO4S/c1-18-8-4-7-14-12(15)9-19(16,17)11-6-3-2-5-10(11)13/h2-3,5-6H,4,7-9H2,1H3,(H,14,15). The molecule has 0 radical (unpaired) electrons. The topological polar surface area (TPSA) is 72.5 Å². The Bertz CT molecular complexity index is 530. The molecule has 0 saturated heterocycles. The molecule has 0 fully saturated rings. The lowest BCUT2D eigenvalue weighted by molar-refractivity contribution is -0.118. The first-order valence-corrected chi connectivity index (χ1v) is 7.35. The zero-order valence-electron chi connectivity index (χ0n) is 10.6. The van der Waals surface area contributed by atoms with Crippen molar-refractivity contribution in [2.45, 2.75) is 11.3 Å². The SMILES string of the molecule is COCCCNC(=O)CS(=O)(=O)c1ccccc1F. The van der Waals surface area contributed by atoms with Gasteiger partial charge in [0.2, 0.25) is 5.91 Å². The van der Waals surface area contributed by atoms with Crippen LogP contribution in [0.3, 0.4) is 0 Å². The van der Waals surface area contributed by atoms with Crippen LogP contribution in [-0.4, -0.2) is 40.3 Å². The molecule has 19 heavy (non-hydrogen) atoms. The van der Waals surface area contributed by atoms with Gasteiger partial charge in [-0.05, 0) is 18.6 Å². The molecular weight excluding hydrogens is 273 g/mol. The van der Waals surface area contributed by atoms with Gasteiger partial charge in [0.15, 0.2) is 9.84 Å². The van der Waals surface area contributed by atoms with E-state index in [9.17, 15) is 17.6 Å². The number of halogens is 1. The molecule has 0 heterocycles. The summed E-state index contributed by atoms with van der Waals surface area (Å²) in [6.07, 6.45) is 0.585. The minimum atomic E-state index is -3.95. The average Bonchev–Trinajstić information content (AvgIpc) is 2.34. The van der Waals surface area contributed by atoms with Crippen LogP contribution in [0.4, 0.5) is 4.39 Å². The largest absolute Gasteiger partial charge is 0.385 e. The maximum absolute atomic E-state index is 13.4. The molecule has 1 N–H and O–H groups in total. The van der Waals surface area contributed by atoms with Crippen molar-refractivity contribution < 1.29 is 22.3 Å². The van der Waals surface area contributed by atoms with Gasteiger partial charge < -0.3 is 10.1 Å². The lowest BCUT2D eigenvalue weighted by Crippen LogP contribution is -2.31. The first kappa shape index (κ1) is 15.6. The van der Waals surface area contributed by atoms with Crippen LogP contribution in [0.25, 0.3) is 0 Å². The third-order valence-electron chi connectivity index (χ3n) is 2.34. The molecule has 0 aliphatic carbocycles. The maximum atomic E-state index is 13.4. The lowest BCUT2D eigenvalue weighted by atomic mass is 10.3. The predicted molar refractivity (Wildman–Crippen MR) is 68.0 cm³/mol. The van der Waals surface area contributed by atoms with E-state index in [0.29, 0.717) is 19.6 Å². The first-order chi connectivity index (χ1) is 8.97. The van der Waals surface area contributed by atoms with Crippen LogP contribution in [-0.2, 0) is 19.4 Å². The number of benzene rings is 1. The van der Waals surface area contributed by atoms with Gasteiger partial charge in [-0.15, -0.1) is 0 Å². The van der Waals surface area contributed by atoms with Crippen LogP contribution in [0.5, 0.6) is 0 Å². The molecule has 0 aliphatic heterocycles. The lowest BCUT2D eigenvalue weighted by Gasteiger charge is -2.06. The van der Waals surface area contributed by atoms with E-state index in [-0.39, 0.29) is 0 Å². The minimum absolute atomic E-state index is 0.319. The monoisotopic (exact) mass is 289 g/mol. The normalized spacial score (nSPS) is 11.3. The van der Waals surface area contributed by atoms with E-state index in [2.05, 4.69) is 5.32 Å². The van der Waals surface area contributed by atoms with Crippen molar-refractivity contribution >= 4 is 15.7 Å². The Morgan fingerprint density at radius 2 is 2.05 bits per heavy atom. The van der Waals surface area contributed by atoms with Gasteiger partial charge in [0, 0.05) is 20.3 Å². The van der Waals surface area contributed by atoms with E-state index < -0.39 is 32.2 Å². The summed E-state index contributed by atoms with van der Waals surface area (Å²) in [5, 5.41) is 2.44. The van der Waals surface area contributed by atoms with Crippen LogP contribution in [0.2, 0.25) is 0 Å². The summed E-state index contributed by atoms with van der Waals surface area (Å²) in [6, 6.07) is 4.98. The van der Waals surface area contributed by atoms with E-state index in [1.807, 2.05) is 0 Å². The third-order valence-corrected chi connectivity index (χ3v) is 3.98. The average molecular weight is 289 g/mol. The number of hydrogen-bond acceptors (Lipinski definition) is 4. The number of methoxy groups -OCH3 is 1. The number of carbonyl (C=O) groups excluding carboxylic acids is 1. The predicted octanol–water partition coefficient (Wildman–Crippen LogP) is 0.752. The molecule has 0 saturated carbocycles. The molecule has 106 valence electrons. The number of carbonyl (C=O) groups is 1. The van der Waals surface area contributed by atoms with Crippen LogP contribution in [0, 0.1) is 5.82 Å². The summed E-state index contributed by atoms with van der Waals surface area (Å²) in [7, 11) is -2.42. The molecule has 1 amide bonds. The highest BCUT2D eigenvalue weighted by Gasteiger charge is 2.22. The second-order valence-electron chi connectivity index (χ2n) is 3.89. The van der Waals surface area contributed by atoms with Gasteiger partial charge in [-0.1, -0.05) is 12.1 Å². The number of hydrogen-bond donors (Lipinski definition) is 1. The van der Waals surface area contributed by atoms with Crippen LogP contribution < -0.4 is 5.32 Å². The van der Waals surface area contributed by atoms with Crippen molar-refractivity contribution in [2.24, 2.45) is 0 Å². The Kier molecular flexibility index (Phi) is 5.91. The molecular formula is C12H16FNO4S. The third kappa shape index (κ3) is 4.96. The quantitative estimate of drug-likeness (QED) is 0.752. The molecule has 7 heteroatoms. The van der Waals surface area contributed by atoms with Crippen LogP contribution in [0.1, 0.15) is 6.42 Å². The molecule has 0 bridgehead atoms. The highest BCUT2D eigenvalue weighted by molar-refractivity contribution is 7.92. The molecule has 1 aromatic rings. The zero-order chi connectivity index (χ0) is 14.3. The van der Waals surface area contributed by atoms with Gasteiger partial charge in [0.1, 0.15) is 16.5 Å². The van der Waals surface area contributed by atoms with E-state index in [4.69, 9.17) is 4.74 Å². The van der Waals surface area contributed by atoms with E-state index >= 15 is 0 Å². The highest BCUT2D eigenvalue weighted by atomic mass is 32.2. The zero-order valence-corrected chi connectivity index (χ0v) is 11.4.